The lowest BCUT2D eigenvalue weighted by Gasteiger charge is -2.14. The molecule has 0 spiro atoms. The number of benzene rings is 4. The van der Waals surface area contributed by atoms with Crippen molar-refractivity contribution in [2.24, 2.45) is 0 Å². The Morgan fingerprint density at radius 2 is 1.65 bits per heavy atom. The lowest BCUT2D eigenvalue weighted by molar-refractivity contribution is -0.114. The van der Waals surface area contributed by atoms with Crippen LogP contribution in [0, 0.1) is 0 Å². The lowest BCUT2D eigenvalue weighted by Crippen LogP contribution is -2.30. The summed E-state index contributed by atoms with van der Waals surface area (Å²) in [5.74, 6) is -0.189. The average Bonchev–Trinajstić information content (AvgIpc) is 3.57. The molecule has 0 radical (unpaired) electrons. The summed E-state index contributed by atoms with van der Waals surface area (Å²) in [7, 11) is 3.01. The number of carbonyl (C=O) groups excluding carboxylic acids is 3. The second-order valence-electron chi connectivity index (χ2n) is 9.94. The highest BCUT2D eigenvalue weighted by Crippen LogP contribution is 2.33. The first kappa shape index (κ1) is 34.5. The number of para-hydroxylation sites is 1. The summed E-state index contributed by atoms with van der Waals surface area (Å²) in [5.41, 5.74) is 2.88. The minimum Gasteiger partial charge on any atom is -0.493 e. The Morgan fingerprint density at radius 3 is 2.35 bits per heavy atom. The fourth-order valence-corrected chi connectivity index (χ4v) is 6.11. The van der Waals surface area contributed by atoms with E-state index < -0.39 is 11.8 Å². The third kappa shape index (κ3) is 8.96. The van der Waals surface area contributed by atoms with Gasteiger partial charge >= 0.3 is 0 Å². The highest BCUT2D eigenvalue weighted by molar-refractivity contribution is 8.00. The fourth-order valence-electron chi connectivity index (χ4n) is 4.38. The molecule has 3 amide bonds. The Balaban J connectivity index is 1.23. The second-order valence-corrected chi connectivity index (χ2v) is 12.7. The molecule has 0 fully saturated rings. The van der Waals surface area contributed by atoms with Gasteiger partial charge in [0.25, 0.3) is 11.8 Å². The highest BCUT2D eigenvalue weighted by atomic mass is 35.5. The maximum atomic E-state index is 13.5. The standard InChI is InChI=1S/C35H28Cl2N4O5S2/c1-45-30-10-6-9-23(32(30)46-2)18-28(39-33(43)21-7-4-3-5-8-21)34(44)38-24-12-14-25(15-13-24)47-20-31(42)41-35-40-29(19-48-35)22-11-16-26(36)27(37)17-22/h3-19H,20H2,1-2H3,(H,38,44)(H,39,43)(H,40,41,42)/b28-18-. The molecule has 3 N–H and O–H groups in total. The summed E-state index contributed by atoms with van der Waals surface area (Å²) in [5, 5.41) is 11.5. The zero-order valence-corrected chi connectivity index (χ0v) is 28.7. The van der Waals surface area contributed by atoms with Gasteiger partial charge in [0.15, 0.2) is 16.6 Å². The van der Waals surface area contributed by atoms with Gasteiger partial charge in [-0.15, -0.1) is 23.1 Å². The molecule has 0 aliphatic rings. The molecular formula is C35H28Cl2N4O5S2. The number of amides is 3. The van der Waals surface area contributed by atoms with Gasteiger partial charge in [0, 0.05) is 32.7 Å². The molecule has 0 saturated heterocycles. The van der Waals surface area contributed by atoms with E-state index in [-0.39, 0.29) is 17.4 Å². The molecule has 5 aromatic rings. The summed E-state index contributed by atoms with van der Waals surface area (Å²) in [6.45, 7) is 0. The van der Waals surface area contributed by atoms with E-state index in [1.54, 1.807) is 84.9 Å². The van der Waals surface area contributed by atoms with Crippen molar-refractivity contribution in [2.75, 3.05) is 30.6 Å². The normalized spacial score (nSPS) is 11.0. The number of carbonyl (C=O) groups is 3. The fraction of sp³-hybridized carbons (Fsp3) is 0.0857. The molecule has 5 rings (SSSR count). The summed E-state index contributed by atoms with van der Waals surface area (Å²) >= 11 is 14.8. The minimum atomic E-state index is -0.548. The van der Waals surface area contributed by atoms with Crippen molar-refractivity contribution in [3.63, 3.8) is 0 Å². The third-order valence-corrected chi connectivity index (χ3v) is 9.22. The summed E-state index contributed by atoms with van der Waals surface area (Å²) in [6, 6.07) is 26.0. The Bertz CT molecular complexity index is 1970. The Hall–Kier alpha value is -4.81. The molecule has 1 heterocycles. The van der Waals surface area contributed by atoms with Crippen molar-refractivity contribution < 1.29 is 23.9 Å². The molecule has 244 valence electrons. The monoisotopic (exact) mass is 718 g/mol. The number of methoxy groups -OCH3 is 2. The number of anilines is 2. The van der Waals surface area contributed by atoms with Crippen LogP contribution in [-0.2, 0) is 9.59 Å². The van der Waals surface area contributed by atoms with Crippen molar-refractivity contribution in [3.05, 3.63) is 123 Å². The predicted octanol–water partition coefficient (Wildman–Crippen LogP) is 8.27. The minimum absolute atomic E-state index is 0.00460. The molecular weight excluding hydrogens is 691 g/mol. The van der Waals surface area contributed by atoms with Crippen LogP contribution in [0.15, 0.2) is 107 Å². The first-order chi connectivity index (χ1) is 23.2. The Kier molecular flexibility index (Phi) is 11.8. The van der Waals surface area contributed by atoms with E-state index in [4.69, 9.17) is 32.7 Å². The van der Waals surface area contributed by atoms with Gasteiger partial charge in [0.05, 0.1) is 35.7 Å². The number of rotatable bonds is 12. The van der Waals surface area contributed by atoms with Crippen LogP contribution in [0.3, 0.4) is 0 Å². The van der Waals surface area contributed by atoms with E-state index in [1.165, 1.54) is 43.4 Å². The zero-order valence-electron chi connectivity index (χ0n) is 25.6. The number of nitrogens with one attached hydrogen (secondary N) is 3. The maximum Gasteiger partial charge on any atom is 0.272 e. The zero-order chi connectivity index (χ0) is 34.0. The molecule has 0 aliphatic heterocycles. The number of thioether (sulfide) groups is 1. The first-order valence-corrected chi connectivity index (χ1v) is 16.9. The number of ether oxygens (including phenoxy) is 2. The van der Waals surface area contributed by atoms with Gasteiger partial charge < -0.3 is 25.4 Å². The number of thiazole rings is 1. The number of hydrogen-bond donors (Lipinski definition) is 3. The van der Waals surface area contributed by atoms with Crippen LogP contribution in [0.4, 0.5) is 10.8 Å². The van der Waals surface area contributed by atoms with Crippen LogP contribution in [0.5, 0.6) is 11.5 Å². The van der Waals surface area contributed by atoms with Crippen molar-refractivity contribution >= 4 is 80.9 Å². The molecule has 48 heavy (non-hydrogen) atoms. The predicted molar refractivity (Wildman–Crippen MR) is 193 cm³/mol. The van der Waals surface area contributed by atoms with Crippen LogP contribution >= 0.6 is 46.3 Å². The molecule has 13 heteroatoms. The van der Waals surface area contributed by atoms with Crippen molar-refractivity contribution in [2.45, 2.75) is 4.90 Å². The van der Waals surface area contributed by atoms with Gasteiger partial charge in [-0.3, -0.25) is 14.4 Å². The largest absolute Gasteiger partial charge is 0.493 e. The van der Waals surface area contributed by atoms with E-state index in [9.17, 15) is 14.4 Å². The SMILES string of the molecule is COc1cccc(/C=C(\NC(=O)c2ccccc2)C(=O)Nc2ccc(SCC(=O)Nc3nc(-c4ccc(Cl)c(Cl)c4)cs3)cc2)c1OC. The van der Waals surface area contributed by atoms with E-state index in [0.717, 1.165) is 10.5 Å². The van der Waals surface area contributed by atoms with Crippen LogP contribution in [0.1, 0.15) is 15.9 Å². The average molecular weight is 720 g/mol. The quantitative estimate of drug-likeness (QED) is 0.0878. The summed E-state index contributed by atoms with van der Waals surface area (Å²) in [6.07, 6.45) is 1.52. The number of halogens is 2. The van der Waals surface area contributed by atoms with Crippen LogP contribution < -0.4 is 25.4 Å². The topological polar surface area (TPSA) is 119 Å². The van der Waals surface area contributed by atoms with Crippen molar-refractivity contribution in [1.82, 2.24) is 10.3 Å². The first-order valence-electron chi connectivity index (χ1n) is 14.3. The van der Waals surface area contributed by atoms with Gasteiger partial charge in [0.1, 0.15) is 5.70 Å². The smallest absolute Gasteiger partial charge is 0.272 e. The van der Waals surface area contributed by atoms with Gasteiger partial charge in [-0.2, -0.15) is 0 Å². The number of nitrogens with zero attached hydrogens (tertiary/aromatic N) is 1. The van der Waals surface area contributed by atoms with E-state index in [1.807, 2.05) is 11.4 Å². The van der Waals surface area contributed by atoms with Crippen LogP contribution in [0.25, 0.3) is 17.3 Å². The number of hydrogen-bond acceptors (Lipinski definition) is 8. The highest BCUT2D eigenvalue weighted by Gasteiger charge is 2.18. The Morgan fingerprint density at radius 1 is 0.875 bits per heavy atom. The van der Waals surface area contributed by atoms with Gasteiger partial charge in [0.2, 0.25) is 5.91 Å². The molecule has 0 saturated carbocycles. The number of aromatic nitrogens is 1. The van der Waals surface area contributed by atoms with E-state index in [0.29, 0.717) is 49.2 Å². The van der Waals surface area contributed by atoms with Crippen LogP contribution in [0.2, 0.25) is 10.0 Å². The van der Waals surface area contributed by atoms with E-state index in [2.05, 4.69) is 20.9 Å². The summed E-state index contributed by atoms with van der Waals surface area (Å²) in [4.78, 5) is 44.4. The van der Waals surface area contributed by atoms with Gasteiger partial charge in [-0.1, -0.05) is 59.6 Å². The van der Waals surface area contributed by atoms with Gasteiger partial charge in [-0.25, -0.2) is 4.98 Å². The molecule has 1 aromatic heterocycles. The summed E-state index contributed by atoms with van der Waals surface area (Å²) < 4.78 is 10.9. The van der Waals surface area contributed by atoms with Crippen molar-refractivity contribution in [1.29, 1.82) is 0 Å². The van der Waals surface area contributed by atoms with Gasteiger partial charge in [-0.05, 0) is 60.7 Å². The maximum absolute atomic E-state index is 13.5. The molecule has 0 bridgehead atoms. The third-order valence-electron chi connectivity index (χ3n) is 6.71. The van der Waals surface area contributed by atoms with Crippen LogP contribution in [-0.4, -0.2) is 42.7 Å². The second kappa shape index (κ2) is 16.3. The van der Waals surface area contributed by atoms with E-state index >= 15 is 0 Å². The molecule has 4 aromatic carbocycles. The Labute approximate surface area is 295 Å². The molecule has 0 unspecified atom stereocenters. The molecule has 9 nitrogen and oxygen atoms in total. The lowest BCUT2D eigenvalue weighted by atomic mass is 10.1. The molecule has 0 atom stereocenters. The molecule has 0 aliphatic carbocycles. The van der Waals surface area contributed by atoms with Crippen molar-refractivity contribution in [3.8, 4) is 22.8 Å².